The lowest BCUT2D eigenvalue weighted by molar-refractivity contribution is 0.0477. The summed E-state index contributed by atoms with van der Waals surface area (Å²) in [7, 11) is 0. The topological polar surface area (TPSA) is 52.6 Å². The third-order valence-electron chi connectivity index (χ3n) is 3.12. The summed E-state index contributed by atoms with van der Waals surface area (Å²) < 4.78 is 10.3. The van der Waals surface area contributed by atoms with Crippen molar-refractivity contribution in [1.29, 1.82) is 0 Å². The Labute approximate surface area is 135 Å². The molecule has 0 aliphatic heterocycles. The number of benzene rings is 2. The lowest BCUT2D eigenvalue weighted by Crippen LogP contribution is -2.10. The van der Waals surface area contributed by atoms with Crippen molar-refractivity contribution in [1.82, 2.24) is 0 Å². The van der Waals surface area contributed by atoms with Crippen molar-refractivity contribution < 1.29 is 19.1 Å². The number of hydrogen-bond donors (Lipinski definition) is 0. The summed E-state index contributed by atoms with van der Waals surface area (Å²) in [6.45, 7) is 4.13. The molecule has 23 heavy (non-hydrogen) atoms. The first-order valence-corrected chi connectivity index (χ1v) is 7.28. The van der Waals surface area contributed by atoms with Crippen LogP contribution >= 0.6 is 0 Å². The Bertz CT molecular complexity index is 662. The molecule has 0 aliphatic carbocycles. The standard InChI is InChI=1S/C19H18O4/c1-15(14-23-19(21)17-10-6-3-7-11-17)12-13-22-18(20)16-8-4-2-5-9-16/h2-11H,1,12-14H2. The fourth-order valence-corrected chi connectivity index (χ4v) is 1.84. The van der Waals surface area contributed by atoms with Crippen molar-refractivity contribution >= 4 is 11.9 Å². The molecule has 0 bridgehead atoms. The van der Waals surface area contributed by atoms with E-state index in [4.69, 9.17) is 9.47 Å². The van der Waals surface area contributed by atoms with E-state index in [9.17, 15) is 9.59 Å². The van der Waals surface area contributed by atoms with E-state index in [1.165, 1.54) is 0 Å². The quantitative estimate of drug-likeness (QED) is 0.578. The third kappa shape index (κ3) is 5.43. The van der Waals surface area contributed by atoms with Crippen LogP contribution in [0.1, 0.15) is 27.1 Å². The summed E-state index contributed by atoms with van der Waals surface area (Å²) in [6, 6.07) is 17.5. The highest BCUT2D eigenvalue weighted by molar-refractivity contribution is 5.89. The Morgan fingerprint density at radius 1 is 0.783 bits per heavy atom. The van der Waals surface area contributed by atoms with E-state index in [0.29, 0.717) is 23.1 Å². The first-order chi connectivity index (χ1) is 11.2. The van der Waals surface area contributed by atoms with Gasteiger partial charge in [-0.15, -0.1) is 0 Å². The Morgan fingerprint density at radius 3 is 1.78 bits per heavy atom. The first-order valence-electron chi connectivity index (χ1n) is 7.28. The van der Waals surface area contributed by atoms with Crippen LogP contribution in [-0.2, 0) is 9.47 Å². The highest BCUT2D eigenvalue weighted by atomic mass is 16.5. The zero-order valence-electron chi connectivity index (χ0n) is 12.7. The molecule has 118 valence electrons. The van der Waals surface area contributed by atoms with E-state index >= 15 is 0 Å². The van der Waals surface area contributed by atoms with Crippen LogP contribution in [0.2, 0.25) is 0 Å². The molecule has 0 saturated carbocycles. The molecule has 0 amide bonds. The Balaban J connectivity index is 1.67. The van der Waals surface area contributed by atoms with Gasteiger partial charge in [-0.2, -0.15) is 0 Å². The Kier molecular flexibility index (Phi) is 6.12. The SMILES string of the molecule is C=C(CCOC(=O)c1ccccc1)COC(=O)c1ccccc1. The average Bonchev–Trinajstić information content (AvgIpc) is 2.61. The number of carbonyl (C=O) groups is 2. The largest absolute Gasteiger partial charge is 0.462 e. The third-order valence-corrected chi connectivity index (χ3v) is 3.12. The number of ether oxygens (including phenoxy) is 2. The predicted octanol–water partition coefficient (Wildman–Crippen LogP) is 3.65. The molecule has 0 saturated heterocycles. The molecule has 0 aromatic heterocycles. The minimum absolute atomic E-state index is 0.108. The van der Waals surface area contributed by atoms with Crippen LogP contribution in [0.25, 0.3) is 0 Å². The highest BCUT2D eigenvalue weighted by Gasteiger charge is 2.08. The van der Waals surface area contributed by atoms with Gasteiger partial charge in [0.25, 0.3) is 0 Å². The van der Waals surface area contributed by atoms with E-state index in [1.54, 1.807) is 48.5 Å². The zero-order valence-corrected chi connectivity index (χ0v) is 12.7. The molecule has 0 radical (unpaired) electrons. The number of esters is 2. The van der Waals surface area contributed by atoms with Gasteiger partial charge in [0, 0.05) is 6.42 Å². The fourth-order valence-electron chi connectivity index (χ4n) is 1.84. The smallest absolute Gasteiger partial charge is 0.338 e. The molecule has 0 spiro atoms. The summed E-state index contributed by atoms with van der Waals surface area (Å²) in [5.41, 5.74) is 1.69. The van der Waals surface area contributed by atoms with E-state index in [1.807, 2.05) is 12.1 Å². The van der Waals surface area contributed by atoms with Crippen LogP contribution in [0.3, 0.4) is 0 Å². The molecule has 0 aliphatic rings. The van der Waals surface area contributed by atoms with Crippen LogP contribution in [0, 0.1) is 0 Å². The highest BCUT2D eigenvalue weighted by Crippen LogP contribution is 2.06. The molecule has 0 unspecified atom stereocenters. The molecule has 2 aromatic rings. The van der Waals surface area contributed by atoms with Crippen molar-refractivity contribution in [2.75, 3.05) is 13.2 Å². The molecule has 4 heteroatoms. The summed E-state index contributed by atoms with van der Waals surface area (Å²) in [4.78, 5) is 23.5. The van der Waals surface area contributed by atoms with Gasteiger partial charge >= 0.3 is 11.9 Å². The van der Waals surface area contributed by atoms with Crippen LogP contribution in [0.5, 0.6) is 0 Å². The van der Waals surface area contributed by atoms with Crippen molar-refractivity contribution in [2.24, 2.45) is 0 Å². The Hall–Kier alpha value is -2.88. The van der Waals surface area contributed by atoms with Gasteiger partial charge < -0.3 is 9.47 Å². The summed E-state index contributed by atoms with van der Waals surface area (Å²) >= 11 is 0. The van der Waals surface area contributed by atoms with Crippen molar-refractivity contribution in [2.45, 2.75) is 6.42 Å². The van der Waals surface area contributed by atoms with Crippen molar-refractivity contribution in [3.8, 4) is 0 Å². The summed E-state index contributed by atoms with van der Waals surface area (Å²) in [6.07, 6.45) is 0.445. The molecule has 2 rings (SSSR count). The van der Waals surface area contributed by atoms with E-state index in [0.717, 1.165) is 0 Å². The Morgan fingerprint density at radius 2 is 1.26 bits per heavy atom. The normalized spacial score (nSPS) is 9.91. The van der Waals surface area contributed by atoms with E-state index < -0.39 is 5.97 Å². The van der Waals surface area contributed by atoms with Crippen molar-refractivity contribution in [3.63, 3.8) is 0 Å². The van der Waals surface area contributed by atoms with Gasteiger partial charge in [0.2, 0.25) is 0 Å². The predicted molar refractivity (Wildman–Crippen MR) is 87.2 cm³/mol. The lowest BCUT2D eigenvalue weighted by Gasteiger charge is -2.08. The molecule has 0 heterocycles. The van der Waals surface area contributed by atoms with Gasteiger partial charge in [-0.1, -0.05) is 43.0 Å². The van der Waals surface area contributed by atoms with Crippen LogP contribution in [0.15, 0.2) is 72.8 Å². The van der Waals surface area contributed by atoms with Crippen LogP contribution in [0.4, 0.5) is 0 Å². The minimum Gasteiger partial charge on any atom is -0.462 e. The maximum Gasteiger partial charge on any atom is 0.338 e. The first kappa shape index (κ1) is 16.5. The lowest BCUT2D eigenvalue weighted by atomic mass is 10.2. The summed E-state index contributed by atoms with van der Waals surface area (Å²) in [5.74, 6) is -0.771. The average molecular weight is 310 g/mol. The number of carbonyl (C=O) groups excluding carboxylic acids is 2. The summed E-state index contributed by atoms with van der Waals surface area (Å²) in [5, 5.41) is 0. The fraction of sp³-hybridized carbons (Fsp3) is 0.158. The minimum atomic E-state index is -0.395. The van der Waals surface area contributed by atoms with Crippen LogP contribution < -0.4 is 0 Å². The van der Waals surface area contributed by atoms with Crippen molar-refractivity contribution in [3.05, 3.63) is 83.9 Å². The van der Waals surface area contributed by atoms with Gasteiger partial charge in [0.1, 0.15) is 6.61 Å². The van der Waals surface area contributed by atoms with Gasteiger partial charge in [-0.3, -0.25) is 0 Å². The molecule has 4 nitrogen and oxygen atoms in total. The second kappa shape index (κ2) is 8.54. The van der Waals surface area contributed by atoms with Crippen LogP contribution in [-0.4, -0.2) is 25.2 Å². The molecule has 0 fully saturated rings. The second-order valence-corrected chi connectivity index (χ2v) is 4.94. The molecular formula is C19H18O4. The second-order valence-electron chi connectivity index (χ2n) is 4.94. The maximum atomic E-state index is 11.8. The zero-order chi connectivity index (χ0) is 16.5. The molecule has 2 aromatic carbocycles. The molecular weight excluding hydrogens is 292 g/mol. The van der Waals surface area contributed by atoms with Gasteiger partial charge in [0.15, 0.2) is 0 Å². The number of rotatable bonds is 7. The van der Waals surface area contributed by atoms with E-state index in [-0.39, 0.29) is 19.2 Å². The maximum absolute atomic E-state index is 11.8. The van der Waals surface area contributed by atoms with Gasteiger partial charge in [-0.25, -0.2) is 9.59 Å². The van der Waals surface area contributed by atoms with Gasteiger partial charge in [-0.05, 0) is 29.8 Å². The molecule has 0 N–H and O–H groups in total. The molecule has 0 atom stereocenters. The number of hydrogen-bond acceptors (Lipinski definition) is 4. The monoisotopic (exact) mass is 310 g/mol. The van der Waals surface area contributed by atoms with E-state index in [2.05, 4.69) is 6.58 Å². The van der Waals surface area contributed by atoms with Gasteiger partial charge in [0.05, 0.1) is 17.7 Å².